The van der Waals surface area contributed by atoms with E-state index in [9.17, 15) is 4.79 Å². The molecule has 1 saturated heterocycles. The lowest BCUT2D eigenvalue weighted by Crippen LogP contribution is -2.42. The van der Waals surface area contributed by atoms with Gasteiger partial charge in [-0.05, 0) is 56.0 Å². The van der Waals surface area contributed by atoms with Crippen molar-refractivity contribution in [2.75, 3.05) is 12.3 Å². The second-order valence-corrected chi connectivity index (χ2v) is 7.34. The molecule has 0 radical (unpaired) electrons. The van der Waals surface area contributed by atoms with Gasteiger partial charge in [0.1, 0.15) is 5.69 Å². The van der Waals surface area contributed by atoms with Crippen LogP contribution in [-0.4, -0.2) is 33.0 Å². The predicted molar refractivity (Wildman–Crippen MR) is 114 cm³/mol. The summed E-state index contributed by atoms with van der Waals surface area (Å²) in [5.41, 5.74) is 10.3. The molecule has 3 heterocycles. The van der Waals surface area contributed by atoms with Crippen LogP contribution in [0.3, 0.4) is 0 Å². The van der Waals surface area contributed by atoms with E-state index in [1.807, 2.05) is 64.2 Å². The Morgan fingerprint density at radius 3 is 2.96 bits per heavy atom. The molecule has 1 atom stereocenters. The molecule has 1 fully saturated rings. The topological polar surface area (TPSA) is 63.6 Å². The van der Waals surface area contributed by atoms with Gasteiger partial charge in [0.2, 0.25) is 5.91 Å². The first kappa shape index (κ1) is 18.3. The molecule has 1 amide bonds. The summed E-state index contributed by atoms with van der Waals surface area (Å²) >= 11 is 0. The largest absolute Gasteiger partial charge is 0.399 e. The van der Waals surface area contributed by atoms with Gasteiger partial charge in [0.15, 0.2) is 0 Å². The van der Waals surface area contributed by atoms with Crippen molar-refractivity contribution in [3.63, 3.8) is 0 Å². The SMILES string of the molecule is CCC1CCCCN1C(=O)C=Cc1c(-c2cccc(N)c2)nn2ccccc12. The second-order valence-electron chi connectivity index (χ2n) is 7.34. The van der Waals surface area contributed by atoms with E-state index in [1.54, 1.807) is 6.08 Å². The minimum Gasteiger partial charge on any atom is -0.399 e. The number of piperidine rings is 1. The van der Waals surface area contributed by atoms with Crippen LogP contribution >= 0.6 is 0 Å². The maximum Gasteiger partial charge on any atom is 0.246 e. The highest BCUT2D eigenvalue weighted by molar-refractivity contribution is 5.95. The van der Waals surface area contributed by atoms with Gasteiger partial charge in [-0.15, -0.1) is 0 Å². The molecule has 1 unspecified atom stereocenters. The van der Waals surface area contributed by atoms with Gasteiger partial charge in [-0.2, -0.15) is 5.10 Å². The van der Waals surface area contributed by atoms with Gasteiger partial charge < -0.3 is 10.6 Å². The van der Waals surface area contributed by atoms with E-state index in [4.69, 9.17) is 10.8 Å². The number of carbonyl (C=O) groups excluding carboxylic acids is 1. The fourth-order valence-corrected chi connectivity index (χ4v) is 4.05. The number of hydrogen-bond donors (Lipinski definition) is 1. The van der Waals surface area contributed by atoms with Crippen molar-refractivity contribution < 1.29 is 4.79 Å². The number of rotatable bonds is 4. The number of likely N-dealkylation sites (tertiary alicyclic amines) is 1. The Kier molecular flexibility index (Phi) is 5.15. The normalized spacial score (nSPS) is 17.5. The summed E-state index contributed by atoms with van der Waals surface area (Å²) in [5, 5.41) is 4.73. The van der Waals surface area contributed by atoms with Crippen molar-refractivity contribution in [3.8, 4) is 11.3 Å². The Morgan fingerprint density at radius 2 is 2.14 bits per heavy atom. The van der Waals surface area contributed by atoms with E-state index in [1.165, 1.54) is 6.42 Å². The number of pyridine rings is 1. The molecule has 1 aliphatic heterocycles. The maximum atomic E-state index is 12.9. The fraction of sp³-hybridized carbons (Fsp3) is 0.304. The third-order valence-corrected chi connectivity index (χ3v) is 5.51. The molecule has 0 spiro atoms. The molecule has 1 aliphatic rings. The molecule has 0 aliphatic carbocycles. The highest BCUT2D eigenvalue weighted by Gasteiger charge is 2.24. The molecule has 3 aromatic rings. The van der Waals surface area contributed by atoms with Gasteiger partial charge in [0, 0.05) is 41.7 Å². The summed E-state index contributed by atoms with van der Waals surface area (Å²) in [6.07, 6.45) is 9.92. The van der Waals surface area contributed by atoms with Gasteiger partial charge in [0.25, 0.3) is 0 Å². The van der Waals surface area contributed by atoms with Crippen molar-refractivity contribution in [1.29, 1.82) is 0 Å². The van der Waals surface area contributed by atoms with E-state index >= 15 is 0 Å². The van der Waals surface area contributed by atoms with E-state index in [-0.39, 0.29) is 5.91 Å². The molecule has 144 valence electrons. The highest BCUT2D eigenvalue weighted by atomic mass is 16.2. The van der Waals surface area contributed by atoms with Crippen LogP contribution in [0, 0.1) is 0 Å². The number of nitrogens with zero attached hydrogens (tertiary/aromatic N) is 3. The van der Waals surface area contributed by atoms with E-state index < -0.39 is 0 Å². The molecule has 28 heavy (non-hydrogen) atoms. The number of fused-ring (bicyclic) bond motifs is 1. The first-order valence-corrected chi connectivity index (χ1v) is 9.99. The monoisotopic (exact) mass is 374 g/mol. The standard InChI is InChI=1S/C23H26N4O/c1-2-19-10-3-5-14-26(19)22(28)13-12-20-21-11-4-6-15-27(21)25-23(20)17-8-7-9-18(24)16-17/h4,6-9,11-13,15-16,19H,2-3,5,10,14,24H2,1H3. The number of nitrogen functional groups attached to an aromatic ring is 1. The zero-order valence-corrected chi connectivity index (χ0v) is 16.2. The lowest BCUT2D eigenvalue weighted by atomic mass is 9.99. The molecule has 1 aromatic carbocycles. The number of nitrogens with two attached hydrogens (primary N) is 1. The third-order valence-electron chi connectivity index (χ3n) is 5.51. The summed E-state index contributed by atoms with van der Waals surface area (Å²) in [5.74, 6) is 0.0837. The Bertz CT molecular complexity index is 1020. The van der Waals surface area contributed by atoms with Gasteiger partial charge >= 0.3 is 0 Å². The molecule has 4 rings (SSSR count). The molecule has 0 saturated carbocycles. The Balaban J connectivity index is 1.72. The molecule has 2 aromatic heterocycles. The number of amides is 1. The van der Waals surface area contributed by atoms with Crippen molar-refractivity contribution >= 4 is 23.2 Å². The summed E-state index contributed by atoms with van der Waals surface area (Å²) in [6.45, 7) is 3.00. The summed E-state index contributed by atoms with van der Waals surface area (Å²) in [7, 11) is 0. The zero-order chi connectivity index (χ0) is 19.5. The van der Waals surface area contributed by atoms with Crippen LogP contribution in [0.5, 0.6) is 0 Å². The fourth-order valence-electron chi connectivity index (χ4n) is 4.05. The van der Waals surface area contributed by atoms with Crippen LogP contribution in [-0.2, 0) is 4.79 Å². The molecule has 5 nitrogen and oxygen atoms in total. The Morgan fingerprint density at radius 1 is 1.25 bits per heavy atom. The first-order chi connectivity index (χ1) is 13.7. The Labute approximate surface area is 165 Å². The van der Waals surface area contributed by atoms with E-state index in [0.29, 0.717) is 11.7 Å². The maximum absolute atomic E-state index is 12.9. The second kappa shape index (κ2) is 7.89. The molecule has 5 heteroatoms. The molecule has 0 bridgehead atoms. The van der Waals surface area contributed by atoms with Gasteiger partial charge in [-0.25, -0.2) is 4.52 Å². The van der Waals surface area contributed by atoms with Gasteiger partial charge in [-0.3, -0.25) is 4.79 Å². The number of carbonyl (C=O) groups is 1. The van der Waals surface area contributed by atoms with Crippen LogP contribution in [0.4, 0.5) is 5.69 Å². The first-order valence-electron chi connectivity index (χ1n) is 9.99. The van der Waals surface area contributed by atoms with Crippen LogP contribution in [0.2, 0.25) is 0 Å². The average Bonchev–Trinajstić information content (AvgIpc) is 3.10. The summed E-state index contributed by atoms with van der Waals surface area (Å²) < 4.78 is 1.85. The number of hydrogen-bond acceptors (Lipinski definition) is 3. The van der Waals surface area contributed by atoms with Gasteiger partial charge in [0.05, 0.1) is 5.52 Å². The van der Waals surface area contributed by atoms with Crippen LogP contribution in [0.15, 0.2) is 54.7 Å². The summed E-state index contributed by atoms with van der Waals surface area (Å²) in [4.78, 5) is 14.9. The minimum absolute atomic E-state index is 0.0837. The van der Waals surface area contributed by atoms with Crippen LogP contribution in [0.1, 0.15) is 38.2 Å². The average molecular weight is 374 g/mol. The highest BCUT2D eigenvalue weighted by Crippen LogP contribution is 2.29. The van der Waals surface area contributed by atoms with Gasteiger partial charge in [-0.1, -0.05) is 25.1 Å². The summed E-state index contributed by atoms with van der Waals surface area (Å²) in [6, 6.07) is 14.0. The number of benzene rings is 1. The third kappa shape index (κ3) is 3.52. The quantitative estimate of drug-likeness (QED) is 0.544. The van der Waals surface area contributed by atoms with E-state index in [0.717, 1.165) is 48.1 Å². The molecular weight excluding hydrogens is 348 g/mol. The number of aromatic nitrogens is 2. The van der Waals surface area contributed by atoms with Crippen LogP contribution < -0.4 is 5.73 Å². The lowest BCUT2D eigenvalue weighted by molar-refractivity contribution is -0.129. The Hall–Kier alpha value is -3.08. The predicted octanol–water partition coefficient (Wildman–Crippen LogP) is 4.39. The van der Waals surface area contributed by atoms with Crippen molar-refractivity contribution in [3.05, 3.63) is 60.3 Å². The number of anilines is 1. The van der Waals surface area contributed by atoms with Crippen molar-refractivity contribution in [1.82, 2.24) is 14.5 Å². The lowest BCUT2D eigenvalue weighted by Gasteiger charge is -2.34. The van der Waals surface area contributed by atoms with Crippen LogP contribution in [0.25, 0.3) is 22.9 Å². The van der Waals surface area contributed by atoms with Crippen molar-refractivity contribution in [2.24, 2.45) is 0 Å². The van der Waals surface area contributed by atoms with E-state index in [2.05, 4.69) is 6.92 Å². The zero-order valence-electron chi connectivity index (χ0n) is 16.2. The molecule has 2 N–H and O–H groups in total. The minimum atomic E-state index is 0.0837. The smallest absolute Gasteiger partial charge is 0.246 e. The van der Waals surface area contributed by atoms with Crippen molar-refractivity contribution in [2.45, 2.75) is 38.6 Å². The molecular formula is C23H26N4O.